The minimum absolute atomic E-state index is 0.181. The Bertz CT molecular complexity index is 4880. The highest BCUT2D eigenvalue weighted by molar-refractivity contribution is 7.00. The molecule has 0 amide bonds. The third-order valence-electron chi connectivity index (χ3n) is 16.7. The van der Waals surface area contributed by atoms with Gasteiger partial charge in [-0.2, -0.15) is 0 Å². The molecule has 0 saturated heterocycles. The molecule has 2 aliphatic rings. The van der Waals surface area contributed by atoms with Crippen molar-refractivity contribution in [3.05, 3.63) is 285 Å². The summed E-state index contributed by atoms with van der Waals surface area (Å²) in [5.74, 6) is 0. The van der Waals surface area contributed by atoms with Gasteiger partial charge in [0.05, 0.1) is 28.9 Å². The molecular weight excluding hydrogens is 956 g/mol. The van der Waals surface area contributed by atoms with Gasteiger partial charge < -0.3 is 18.9 Å². The molecule has 0 radical (unpaired) electrons. The molecule has 0 spiro atoms. The summed E-state index contributed by atoms with van der Waals surface area (Å²) in [7, 11) is 0. The van der Waals surface area contributed by atoms with Crippen LogP contribution in [0, 0.1) is 0 Å². The first-order valence-corrected chi connectivity index (χ1v) is 27.0. The topological polar surface area (TPSA) is 16.3 Å². The van der Waals surface area contributed by atoms with Crippen LogP contribution in [0.1, 0.15) is 6.85 Å². The number of hydrogen-bond acceptors (Lipinski definition) is 2. The van der Waals surface area contributed by atoms with Crippen LogP contribution in [-0.4, -0.2) is 15.8 Å². The van der Waals surface area contributed by atoms with E-state index in [0.717, 1.165) is 100 Å². The molecule has 0 unspecified atom stereocenters. The maximum Gasteiger partial charge on any atom is 0.252 e. The number of aromatic nitrogens is 2. The van der Waals surface area contributed by atoms with Crippen molar-refractivity contribution in [1.29, 1.82) is 0 Å². The number of para-hydroxylation sites is 6. The smallest absolute Gasteiger partial charge is 0.252 e. The van der Waals surface area contributed by atoms with E-state index in [1.165, 1.54) is 37.9 Å². The van der Waals surface area contributed by atoms with Crippen LogP contribution in [0.25, 0.3) is 98.8 Å². The molecule has 15 aromatic rings. The van der Waals surface area contributed by atoms with Gasteiger partial charge in [0, 0.05) is 67.0 Å². The Kier molecular flexibility index (Phi) is 8.45. The second-order valence-corrected chi connectivity index (χ2v) is 20.8. The van der Waals surface area contributed by atoms with E-state index in [2.05, 4.69) is 237 Å². The van der Waals surface area contributed by atoms with Gasteiger partial charge in [-0.05, 0) is 145 Å². The Balaban J connectivity index is 1.01. The Morgan fingerprint density at radius 2 is 0.620 bits per heavy atom. The number of rotatable bonds is 6. The number of fused-ring (bicyclic) bond motifs is 12. The molecule has 366 valence electrons. The lowest BCUT2D eigenvalue weighted by molar-refractivity contribution is 1.17. The molecule has 0 bridgehead atoms. The molecule has 4 nitrogen and oxygen atoms in total. The van der Waals surface area contributed by atoms with E-state index in [1.807, 2.05) is 36.4 Å². The quantitative estimate of drug-likeness (QED) is 0.122. The molecule has 79 heavy (non-hydrogen) atoms. The second kappa shape index (κ2) is 17.1. The van der Waals surface area contributed by atoms with Crippen molar-refractivity contribution in [3.8, 4) is 33.6 Å². The van der Waals surface area contributed by atoms with E-state index in [0.29, 0.717) is 5.56 Å². The molecule has 0 atom stereocenters. The minimum Gasteiger partial charge on any atom is -0.311 e. The standard InChI is InChI=1S/C74H47BN4/c1-4-22-48(23-5-1)72-58-32-10-12-34-60(58)73(61-35-13-11-33-59(61)72)49-44-70-74-71(45-49)77(51-26-8-3-9-27-51)69-47-53(79-66-38-20-16-30-56(66)57-31-17-21-39-67(57)79)41-43-63(69)75(74)62-42-40-52(46-68(62)76(70)50-24-6-2-7-25-50)78-64-36-18-14-28-54(64)55-29-15-19-37-65(55)78/h1-47H/i1D,4D,5D,22D,23D. The lowest BCUT2D eigenvalue weighted by atomic mass is 9.33. The highest BCUT2D eigenvalue weighted by atomic mass is 15.2. The average molecular weight is 1010 g/mol. The third kappa shape index (κ3) is 6.39. The Hall–Kier alpha value is -10.4. The summed E-state index contributed by atoms with van der Waals surface area (Å²) in [6.07, 6.45) is 0. The minimum atomic E-state index is -0.418. The van der Waals surface area contributed by atoms with E-state index in [9.17, 15) is 2.74 Å². The zero-order valence-electron chi connectivity index (χ0n) is 47.6. The first-order chi connectivity index (χ1) is 41.3. The molecule has 17 rings (SSSR count). The van der Waals surface area contributed by atoms with Crippen molar-refractivity contribution < 1.29 is 6.85 Å². The Labute approximate surface area is 464 Å². The normalized spacial score (nSPS) is 13.6. The summed E-state index contributed by atoms with van der Waals surface area (Å²) in [6, 6.07) is 89.9. The monoisotopic (exact) mass is 1010 g/mol. The molecule has 0 N–H and O–H groups in total. The van der Waals surface area contributed by atoms with Gasteiger partial charge in [0.15, 0.2) is 0 Å². The van der Waals surface area contributed by atoms with Crippen LogP contribution in [0.2, 0.25) is 0 Å². The van der Waals surface area contributed by atoms with Crippen LogP contribution < -0.4 is 26.2 Å². The second-order valence-electron chi connectivity index (χ2n) is 20.8. The van der Waals surface area contributed by atoms with Crippen molar-refractivity contribution in [1.82, 2.24) is 9.13 Å². The largest absolute Gasteiger partial charge is 0.311 e. The van der Waals surface area contributed by atoms with Crippen molar-refractivity contribution in [2.75, 3.05) is 9.80 Å². The van der Waals surface area contributed by atoms with Crippen LogP contribution in [0.5, 0.6) is 0 Å². The molecule has 0 fully saturated rings. The molecule has 2 aliphatic heterocycles. The predicted octanol–water partition coefficient (Wildman–Crippen LogP) is 17.6. The molecule has 4 heterocycles. The average Bonchev–Trinajstić information content (AvgIpc) is 1.28. The van der Waals surface area contributed by atoms with Crippen molar-refractivity contribution in [3.63, 3.8) is 0 Å². The summed E-state index contributed by atoms with van der Waals surface area (Å²) >= 11 is 0. The number of hydrogen-bond donors (Lipinski definition) is 0. The molecular formula is C74H47BN4. The number of benzene rings is 13. The van der Waals surface area contributed by atoms with E-state index in [-0.39, 0.29) is 36.4 Å². The summed E-state index contributed by atoms with van der Waals surface area (Å²) in [4.78, 5) is 4.94. The van der Waals surface area contributed by atoms with Crippen molar-refractivity contribution in [2.45, 2.75) is 0 Å². The van der Waals surface area contributed by atoms with Gasteiger partial charge in [-0.25, -0.2) is 0 Å². The van der Waals surface area contributed by atoms with Gasteiger partial charge in [0.2, 0.25) is 0 Å². The lowest BCUT2D eigenvalue weighted by Crippen LogP contribution is -2.61. The Morgan fingerprint density at radius 3 is 1.01 bits per heavy atom. The van der Waals surface area contributed by atoms with E-state index >= 15 is 0 Å². The molecule has 5 heteroatoms. The Morgan fingerprint density at radius 1 is 0.278 bits per heavy atom. The van der Waals surface area contributed by atoms with Crippen LogP contribution in [0.4, 0.5) is 34.1 Å². The van der Waals surface area contributed by atoms with Gasteiger partial charge in [-0.3, -0.25) is 0 Å². The van der Waals surface area contributed by atoms with E-state index < -0.39 is 6.04 Å². The SMILES string of the molecule is [2H]c1c([2H])c([2H])c(-c2c3ccccc3c(-c3cc4c5c(c3)N(c3ccccc3)c3cc(-n6c7ccccc7c7ccccc76)ccc3B5c3ccc(-n5c6ccccc6c6ccccc65)cc3N4c3ccccc3)c3ccccc23)c([2H])c1[2H]. The van der Waals surface area contributed by atoms with Gasteiger partial charge in [0.1, 0.15) is 0 Å². The van der Waals surface area contributed by atoms with Gasteiger partial charge in [0.25, 0.3) is 6.71 Å². The van der Waals surface area contributed by atoms with Crippen molar-refractivity contribution in [2.24, 2.45) is 0 Å². The molecule has 13 aromatic carbocycles. The zero-order valence-corrected chi connectivity index (χ0v) is 42.6. The lowest BCUT2D eigenvalue weighted by Gasteiger charge is -2.44. The van der Waals surface area contributed by atoms with E-state index in [4.69, 9.17) is 4.11 Å². The van der Waals surface area contributed by atoms with E-state index in [1.54, 1.807) is 0 Å². The highest BCUT2D eigenvalue weighted by Gasteiger charge is 2.44. The van der Waals surface area contributed by atoms with Gasteiger partial charge in [-0.1, -0.05) is 200 Å². The first kappa shape index (κ1) is 39.1. The third-order valence-corrected chi connectivity index (χ3v) is 16.7. The number of anilines is 6. The fraction of sp³-hybridized carbons (Fsp3) is 0. The summed E-state index contributed by atoms with van der Waals surface area (Å²) < 4.78 is 49.8. The molecule has 2 aromatic heterocycles. The van der Waals surface area contributed by atoms with Crippen LogP contribution in [-0.2, 0) is 0 Å². The van der Waals surface area contributed by atoms with Crippen LogP contribution >= 0.6 is 0 Å². The van der Waals surface area contributed by atoms with Gasteiger partial charge >= 0.3 is 0 Å². The summed E-state index contributed by atoms with van der Waals surface area (Å²) in [5, 5.41) is 8.16. The number of nitrogens with zero attached hydrogens (tertiary/aromatic N) is 4. The predicted molar refractivity (Wildman–Crippen MR) is 335 cm³/mol. The first-order valence-electron chi connectivity index (χ1n) is 29.5. The fourth-order valence-electron chi connectivity index (χ4n) is 13.6. The maximum absolute atomic E-state index is 9.34. The summed E-state index contributed by atoms with van der Waals surface area (Å²) in [5.41, 5.74) is 19.1. The van der Waals surface area contributed by atoms with Crippen LogP contribution in [0.15, 0.2) is 285 Å². The molecule has 0 saturated carbocycles. The van der Waals surface area contributed by atoms with Gasteiger partial charge in [-0.15, -0.1) is 0 Å². The summed E-state index contributed by atoms with van der Waals surface area (Å²) in [6.45, 7) is -0.215. The maximum atomic E-state index is 9.34. The zero-order chi connectivity index (χ0) is 56.1. The highest BCUT2D eigenvalue weighted by Crippen LogP contribution is 2.50. The van der Waals surface area contributed by atoms with Crippen LogP contribution in [0.3, 0.4) is 0 Å². The van der Waals surface area contributed by atoms with Crippen molar-refractivity contribution >= 4 is 122 Å². The molecule has 0 aliphatic carbocycles. The fourth-order valence-corrected chi connectivity index (χ4v) is 13.6.